The standard InChI is InChI=1S/C20H14BrNO3/c21-13-8-9-17-16(10-13)20(25,19(24)22-17)11-18(23)15-7-3-5-12-4-1-2-6-14(12)15/h1-10,25H,11H2,(H,22,24)/t20-/m1/s1. The van der Waals surface area contributed by atoms with Gasteiger partial charge in [0.1, 0.15) is 0 Å². The second-order valence-corrected chi connectivity index (χ2v) is 7.05. The maximum Gasteiger partial charge on any atom is 0.261 e. The third-order valence-corrected chi connectivity index (χ3v) is 5.05. The first-order valence-electron chi connectivity index (χ1n) is 7.84. The minimum absolute atomic E-state index is 0.276. The summed E-state index contributed by atoms with van der Waals surface area (Å²) in [6.07, 6.45) is -0.309. The molecule has 1 atom stereocenters. The number of aliphatic hydroxyl groups is 1. The van der Waals surface area contributed by atoms with E-state index < -0.39 is 11.5 Å². The maximum atomic E-state index is 12.9. The highest BCUT2D eigenvalue weighted by molar-refractivity contribution is 9.10. The van der Waals surface area contributed by atoms with E-state index in [9.17, 15) is 14.7 Å². The van der Waals surface area contributed by atoms with E-state index in [4.69, 9.17) is 0 Å². The van der Waals surface area contributed by atoms with E-state index in [0.29, 0.717) is 16.8 Å². The lowest BCUT2D eigenvalue weighted by Crippen LogP contribution is -2.36. The number of hydrogen-bond acceptors (Lipinski definition) is 3. The lowest BCUT2D eigenvalue weighted by molar-refractivity contribution is -0.133. The van der Waals surface area contributed by atoms with Crippen LogP contribution >= 0.6 is 15.9 Å². The smallest absolute Gasteiger partial charge is 0.261 e. The monoisotopic (exact) mass is 395 g/mol. The molecule has 0 bridgehead atoms. The number of benzene rings is 3. The van der Waals surface area contributed by atoms with Gasteiger partial charge in [-0.15, -0.1) is 0 Å². The summed E-state index contributed by atoms with van der Waals surface area (Å²) < 4.78 is 0.735. The van der Waals surface area contributed by atoms with Crippen molar-refractivity contribution in [1.82, 2.24) is 0 Å². The summed E-state index contributed by atoms with van der Waals surface area (Å²) in [5.41, 5.74) is -0.419. The number of amides is 1. The van der Waals surface area contributed by atoms with Crippen LogP contribution in [0, 0.1) is 0 Å². The Morgan fingerprint density at radius 2 is 1.84 bits per heavy atom. The van der Waals surface area contributed by atoms with E-state index in [1.807, 2.05) is 30.3 Å². The van der Waals surface area contributed by atoms with Gasteiger partial charge in [-0.2, -0.15) is 0 Å². The third-order valence-electron chi connectivity index (χ3n) is 4.56. The highest BCUT2D eigenvalue weighted by Crippen LogP contribution is 2.40. The SMILES string of the molecule is O=C(C[C@]1(O)C(=O)Nc2ccc(Br)cc21)c1cccc2ccccc12. The van der Waals surface area contributed by atoms with Crippen molar-refractivity contribution in [3.63, 3.8) is 0 Å². The van der Waals surface area contributed by atoms with Crippen LogP contribution in [0.15, 0.2) is 65.1 Å². The van der Waals surface area contributed by atoms with Crippen LogP contribution in [0.1, 0.15) is 22.3 Å². The molecule has 0 aromatic heterocycles. The molecule has 2 N–H and O–H groups in total. The minimum Gasteiger partial charge on any atom is -0.375 e. The van der Waals surface area contributed by atoms with Crippen LogP contribution in [-0.2, 0) is 10.4 Å². The molecule has 1 aliphatic heterocycles. The molecule has 3 aromatic rings. The summed E-state index contributed by atoms with van der Waals surface area (Å²) in [7, 11) is 0. The van der Waals surface area contributed by atoms with Crippen molar-refractivity contribution in [1.29, 1.82) is 0 Å². The second-order valence-electron chi connectivity index (χ2n) is 6.13. The fraction of sp³-hybridized carbons (Fsp3) is 0.100. The van der Waals surface area contributed by atoms with Gasteiger partial charge in [0.15, 0.2) is 11.4 Å². The quantitative estimate of drug-likeness (QED) is 0.658. The molecule has 25 heavy (non-hydrogen) atoms. The Bertz CT molecular complexity index is 1030. The Hall–Kier alpha value is -2.50. The zero-order valence-electron chi connectivity index (χ0n) is 13.1. The van der Waals surface area contributed by atoms with Gasteiger partial charge in [-0.25, -0.2) is 0 Å². The number of fused-ring (bicyclic) bond motifs is 2. The fourth-order valence-electron chi connectivity index (χ4n) is 3.29. The highest BCUT2D eigenvalue weighted by Gasteiger charge is 2.47. The van der Waals surface area contributed by atoms with Gasteiger partial charge in [0.05, 0.1) is 6.42 Å². The van der Waals surface area contributed by atoms with Gasteiger partial charge >= 0.3 is 0 Å². The molecule has 4 nitrogen and oxygen atoms in total. The summed E-state index contributed by atoms with van der Waals surface area (Å²) in [6.45, 7) is 0. The van der Waals surface area contributed by atoms with E-state index in [-0.39, 0.29) is 12.2 Å². The molecule has 0 saturated carbocycles. The Labute approximate surface area is 152 Å². The molecule has 0 saturated heterocycles. The zero-order valence-corrected chi connectivity index (χ0v) is 14.7. The van der Waals surface area contributed by atoms with Crippen molar-refractivity contribution in [3.8, 4) is 0 Å². The van der Waals surface area contributed by atoms with E-state index in [1.165, 1.54) is 0 Å². The fourth-order valence-corrected chi connectivity index (χ4v) is 3.65. The highest BCUT2D eigenvalue weighted by atomic mass is 79.9. The van der Waals surface area contributed by atoms with Gasteiger partial charge in [0.25, 0.3) is 5.91 Å². The van der Waals surface area contributed by atoms with E-state index in [1.54, 1.807) is 30.3 Å². The lowest BCUT2D eigenvalue weighted by Gasteiger charge is -2.20. The largest absolute Gasteiger partial charge is 0.375 e. The minimum atomic E-state index is -1.87. The number of anilines is 1. The maximum absolute atomic E-state index is 12.9. The van der Waals surface area contributed by atoms with Crippen molar-refractivity contribution in [2.75, 3.05) is 5.32 Å². The van der Waals surface area contributed by atoms with Crippen LogP contribution in [0.25, 0.3) is 10.8 Å². The second kappa shape index (κ2) is 5.79. The number of nitrogens with one attached hydrogen (secondary N) is 1. The Balaban J connectivity index is 1.76. The van der Waals surface area contributed by atoms with Gasteiger partial charge in [-0.05, 0) is 29.0 Å². The van der Waals surface area contributed by atoms with Gasteiger partial charge in [-0.3, -0.25) is 9.59 Å². The van der Waals surface area contributed by atoms with Crippen LogP contribution in [0.4, 0.5) is 5.69 Å². The summed E-state index contributed by atoms with van der Waals surface area (Å²) in [4.78, 5) is 25.3. The molecule has 0 spiro atoms. The van der Waals surface area contributed by atoms with Crippen LogP contribution in [0.5, 0.6) is 0 Å². The number of carbonyl (C=O) groups excluding carboxylic acids is 2. The number of ketones is 1. The molecule has 1 amide bonds. The summed E-state index contributed by atoms with van der Waals surface area (Å²) in [6, 6.07) is 18.2. The van der Waals surface area contributed by atoms with Crippen molar-refractivity contribution in [3.05, 3.63) is 76.3 Å². The number of halogens is 1. The van der Waals surface area contributed by atoms with Crippen molar-refractivity contribution in [2.24, 2.45) is 0 Å². The average Bonchev–Trinajstić information content (AvgIpc) is 2.85. The number of rotatable bonds is 3. The van der Waals surface area contributed by atoms with Crippen LogP contribution in [0.2, 0.25) is 0 Å². The number of hydrogen-bond donors (Lipinski definition) is 2. The van der Waals surface area contributed by atoms with Crippen LogP contribution in [0.3, 0.4) is 0 Å². The molecule has 0 radical (unpaired) electrons. The van der Waals surface area contributed by atoms with Crippen LogP contribution < -0.4 is 5.32 Å². The van der Waals surface area contributed by atoms with Crippen molar-refractivity contribution >= 4 is 44.1 Å². The van der Waals surface area contributed by atoms with Gasteiger partial charge < -0.3 is 10.4 Å². The summed E-state index contributed by atoms with van der Waals surface area (Å²) >= 11 is 3.35. The summed E-state index contributed by atoms with van der Waals surface area (Å²) in [5.74, 6) is -0.850. The predicted octanol–water partition coefficient (Wildman–Crippen LogP) is 4.02. The molecule has 1 aliphatic rings. The van der Waals surface area contributed by atoms with Gasteiger partial charge in [-0.1, -0.05) is 58.4 Å². The van der Waals surface area contributed by atoms with E-state index in [2.05, 4.69) is 21.2 Å². The normalized spacial score (nSPS) is 18.9. The first-order chi connectivity index (χ1) is 12.0. The molecule has 0 unspecified atom stereocenters. The van der Waals surface area contributed by atoms with E-state index in [0.717, 1.165) is 15.2 Å². The van der Waals surface area contributed by atoms with Crippen molar-refractivity contribution < 1.29 is 14.7 Å². The topological polar surface area (TPSA) is 66.4 Å². The average molecular weight is 396 g/mol. The third kappa shape index (κ3) is 2.56. The zero-order chi connectivity index (χ0) is 17.6. The number of carbonyl (C=O) groups is 2. The Morgan fingerprint density at radius 1 is 1.08 bits per heavy atom. The molecule has 5 heteroatoms. The predicted molar refractivity (Wildman–Crippen MR) is 99.6 cm³/mol. The van der Waals surface area contributed by atoms with Crippen molar-refractivity contribution in [2.45, 2.75) is 12.0 Å². The van der Waals surface area contributed by atoms with E-state index >= 15 is 0 Å². The summed E-state index contributed by atoms with van der Waals surface area (Å²) in [5, 5.41) is 15.4. The molecule has 0 aliphatic carbocycles. The molecule has 1 heterocycles. The van der Waals surface area contributed by atoms with Gasteiger partial charge in [0, 0.05) is 21.3 Å². The van der Waals surface area contributed by atoms with Gasteiger partial charge in [0.2, 0.25) is 0 Å². The Kier molecular flexibility index (Phi) is 3.71. The van der Waals surface area contributed by atoms with Crippen LogP contribution in [-0.4, -0.2) is 16.8 Å². The molecule has 124 valence electrons. The molecule has 3 aromatic carbocycles. The molecular formula is C20H14BrNO3. The molecule has 0 fully saturated rings. The molecule has 4 rings (SSSR count). The first-order valence-corrected chi connectivity index (χ1v) is 8.63. The molecular weight excluding hydrogens is 382 g/mol. The first kappa shape index (κ1) is 16.0. The lowest BCUT2D eigenvalue weighted by atomic mass is 9.87. The number of Topliss-reactive ketones (excluding diaryl/α,β-unsaturated/α-hetero) is 1. The Morgan fingerprint density at radius 3 is 2.68 bits per heavy atom.